The molecule has 3 rings (SSSR count). The van der Waals surface area contributed by atoms with Gasteiger partial charge in [-0.3, -0.25) is 14.4 Å². The van der Waals surface area contributed by atoms with Gasteiger partial charge in [0.15, 0.2) is 0 Å². The molecule has 29 heavy (non-hydrogen) atoms. The normalized spacial score (nSPS) is 16.1. The van der Waals surface area contributed by atoms with Gasteiger partial charge in [0.2, 0.25) is 5.91 Å². The van der Waals surface area contributed by atoms with Gasteiger partial charge in [0.1, 0.15) is 18.4 Å². The van der Waals surface area contributed by atoms with Crippen LogP contribution in [-0.2, 0) is 20.9 Å². The van der Waals surface area contributed by atoms with E-state index in [2.05, 4.69) is 5.32 Å². The zero-order chi connectivity index (χ0) is 20.6. The van der Waals surface area contributed by atoms with Crippen molar-refractivity contribution in [3.63, 3.8) is 0 Å². The molecule has 0 saturated carbocycles. The molecule has 1 fully saturated rings. The SMILES string of the molecule is CCOc1cccc(C(=O)N2CCNC(=O)[C@H]2CC(=O)OCc2ccccc2)c1. The molecule has 0 aromatic heterocycles. The van der Waals surface area contributed by atoms with E-state index in [9.17, 15) is 14.4 Å². The fraction of sp³-hybridized carbons (Fsp3) is 0.318. The third-order valence-corrected chi connectivity index (χ3v) is 4.59. The van der Waals surface area contributed by atoms with Crippen molar-refractivity contribution in [2.45, 2.75) is 26.0 Å². The maximum absolute atomic E-state index is 13.0. The predicted molar refractivity (Wildman–Crippen MR) is 106 cm³/mol. The second-order valence-electron chi connectivity index (χ2n) is 6.62. The second kappa shape index (κ2) is 9.73. The van der Waals surface area contributed by atoms with Crippen LogP contribution in [0.15, 0.2) is 54.6 Å². The molecule has 2 amide bonds. The summed E-state index contributed by atoms with van der Waals surface area (Å²) in [5, 5.41) is 2.71. The van der Waals surface area contributed by atoms with E-state index < -0.39 is 12.0 Å². The minimum absolute atomic E-state index is 0.123. The van der Waals surface area contributed by atoms with Crippen LogP contribution in [0.1, 0.15) is 29.3 Å². The summed E-state index contributed by atoms with van der Waals surface area (Å²) in [4.78, 5) is 39.1. The third-order valence-electron chi connectivity index (χ3n) is 4.59. The summed E-state index contributed by atoms with van der Waals surface area (Å²) in [5.74, 6) is -0.625. The Bertz CT molecular complexity index is 869. The van der Waals surface area contributed by atoms with Gasteiger partial charge in [-0.15, -0.1) is 0 Å². The zero-order valence-electron chi connectivity index (χ0n) is 16.3. The molecular weight excluding hydrogens is 372 g/mol. The van der Waals surface area contributed by atoms with Gasteiger partial charge >= 0.3 is 5.97 Å². The number of carbonyl (C=O) groups is 3. The molecule has 1 aliphatic rings. The van der Waals surface area contributed by atoms with Gasteiger partial charge in [-0.1, -0.05) is 36.4 Å². The van der Waals surface area contributed by atoms with Gasteiger partial charge in [0.25, 0.3) is 5.91 Å². The first-order valence-electron chi connectivity index (χ1n) is 9.59. The van der Waals surface area contributed by atoms with E-state index in [1.807, 2.05) is 37.3 Å². The van der Waals surface area contributed by atoms with E-state index >= 15 is 0 Å². The van der Waals surface area contributed by atoms with E-state index in [0.717, 1.165) is 5.56 Å². The van der Waals surface area contributed by atoms with Crippen LogP contribution in [0.25, 0.3) is 0 Å². The molecule has 0 aliphatic carbocycles. The largest absolute Gasteiger partial charge is 0.494 e. The van der Waals surface area contributed by atoms with Gasteiger partial charge in [-0.2, -0.15) is 0 Å². The summed E-state index contributed by atoms with van der Waals surface area (Å²) in [5.41, 5.74) is 1.27. The van der Waals surface area contributed by atoms with Crippen molar-refractivity contribution < 1.29 is 23.9 Å². The van der Waals surface area contributed by atoms with E-state index in [0.29, 0.717) is 31.0 Å². The lowest BCUT2D eigenvalue weighted by atomic mass is 10.1. The van der Waals surface area contributed by atoms with Gasteiger partial charge in [0.05, 0.1) is 13.0 Å². The van der Waals surface area contributed by atoms with Crippen molar-refractivity contribution in [3.05, 3.63) is 65.7 Å². The average Bonchev–Trinajstić information content (AvgIpc) is 2.74. The molecule has 1 heterocycles. The summed E-state index contributed by atoms with van der Waals surface area (Å²) in [6, 6.07) is 15.2. The first-order valence-corrected chi connectivity index (χ1v) is 9.59. The Morgan fingerprint density at radius 1 is 1.14 bits per heavy atom. The Morgan fingerprint density at radius 3 is 2.69 bits per heavy atom. The predicted octanol–water partition coefficient (Wildman–Crippen LogP) is 2.16. The number of hydrogen-bond acceptors (Lipinski definition) is 5. The molecular formula is C22H24N2O5. The number of piperazine rings is 1. The van der Waals surface area contributed by atoms with Crippen molar-refractivity contribution in [1.29, 1.82) is 0 Å². The van der Waals surface area contributed by atoms with Crippen LogP contribution < -0.4 is 10.1 Å². The van der Waals surface area contributed by atoms with E-state index in [1.165, 1.54) is 4.90 Å². The molecule has 152 valence electrons. The number of hydrogen-bond donors (Lipinski definition) is 1. The van der Waals surface area contributed by atoms with Crippen LogP contribution in [-0.4, -0.2) is 48.4 Å². The van der Waals surface area contributed by atoms with Gasteiger partial charge in [-0.05, 0) is 30.7 Å². The molecule has 7 heteroatoms. The van der Waals surface area contributed by atoms with Crippen LogP contribution in [0.3, 0.4) is 0 Å². The van der Waals surface area contributed by atoms with E-state index in [-0.39, 0.29) is 24.8 Å². The molecule has 1 atom stereocenters. The number of esters is 1. The molecule has 7 nitrogen and oxygen atoms in total. The smallest absolute Gasteiger partial charge is 0.308 e. The number of rotatable bonds is 7. The lowest BCUT2D eigenvalue weighted by Gasteiger charge is -2.34. The average molecular weight is 396 g/mol. The molecule has 0 bridgehead atoms. The topological polar surface area (TPSA) is 84.9 Å². The maximum atomic E-state index is 13.0. The maximum Gasteiger partial charge on any atom is 0.308 e. The molecule has 0 radical (unpaired) electrons. The van der Waals surface area contributed by atoms with Crippen LogP contribution in [0.4, 0.5) is 0 Å². The number of ether oxygens (including phenoxy) is 2. The fourth-order valence-corrected chi connectivity index (χ4v) is 3.17. The Kier molecular flexibility index (Phi) is 6.84. The first-order chi connectivity index (χ1) is 14.1. The van der Waals surface area contributed by atoms with Crippen LogP contribution in [0, 0.1) is 0 Å². The van der Waals surface area contributed by atoms with Crippen molar-refractivity contribution in [2.24, 2.45) is 0 Å². The first kappa shape index (κ1) is 20.4. The van der Waals surface area contributed by atoms with Gasteiger partial charge < -0.3 is 19.7 Å². The molecule has 2 aromatic rings. The van der Waals surface area contributed by atoms with Gasteiger partial charge in [-0.25, -0.2) is 0 Å². The Hall–Kier alpha value is -3.35. The van der Waals surface area contributed by atoms with Crippen LogP contribution >= 0.6 is 0 Å². The molecule has 0 spiro atoms. The highest BCUT2D eigenvalue weighted by Crippen LogP contribution is 2.19. The molecule has 2 aromatic carbocycles. The van der Waals surface area contributed by atoms with E-state index in [4.69, 9.17) is 9.47 Å². The lowest BCUT2D eigenvalue weighted by molar-refractivity contribution is -0.148. The fourth-order valence-electron chi connectivity index (χ4n) is 3.17. The number of nitrogens with one attached hydrogen (secondary N) is 1. The lowest BCUT2D eigenvalue weighted by Crippen LogP contribution is -2.57. The number of nitrogens with zero attached hydrogens (tertiary/aromatic N) is 1. The third kappa shape index (κ3) is 5.34. The Balaban J connectivity index is 1.68. The van der Waals surface area contributed by atoms with Crippen LogP contribution in [0.5, 0.6) is 5.75 Å². The van der Waals surface area contributed by atoms with Crippen molar-refractivity contribution in [3.8, 4) is 5.75 Å². The highest BCUT2D eigenvalue weighted by atomic mass is 16.5. The molecule has 1 aliphatic heterocycles. The Morgan fingerprint density at radius 2 is 1.93 bits per heavy atom. The monoisotopic (exact) mass is 396 g/mol. The molecule has 1 saturated heterocycles. The number of benzene rings is 2. The number of carbonyl (C=O) groups excluding carboxylic acids is 3. The van der Waals surface area contributed by atoms with E-state index in [1.54, 1.807) is 24.3 Å². The quantitative estimate of drug-likeness (QED) is 0.725. The standard InChI is InChI=1S/C22H24N2O5/c1-2-28-18-10-6-9-17(13-18)22(27)24-12-11-23-21(26)19(24)14-20(25)29-15-16-7-4-3-5-8-16/h3-10,13,19H,2,11-12,14-15H2,1H3,(H,23,26)/t19-/m1/s1. The number of amides is 2. The summed E-state index contributed by atoms with van der Waals surface area (Å²) < 4.78 is 10.7. The molecule has 1 N–H and O–H groups in total. The highest BCUT2D eigenvalue weighted by Gasteiger charge is 2.35. The van der Waals surface area contributed by atoms with Crippen molar-refractivity contribution in [2.75, 3.05) is 19.7 Å². The Labute approximate surface area is 169 Å². The summed E-state index contributed by atoms with van der Waals surface area (Å²) in [7, 11) is 0. The summed E-state index contributed by atoms with van der Waals surface area (Å²) >= 11 is 0. The van der Waals surface area contributed by atoms with Crippen LogP contribution in [0.2, 0.25) is 0 Å². The van der Waals surface area contributed by atoms with Crippen molar-refractivity contribution >= 4 is 17.8 Å². The minimum Gasteiger partial charge on any atom is -0.494 e. The summed E-state index contributed by atoms with van der Waals surface area (Å²) in [6.45, 7) is 3.13. The minimum atomic E-state index is -0.907. The zero-order valence-corrected chi connectivity index (χ0v) is 16.3. The second-order valence-corrected chi connectivity index (χ2v) is 6.62. The van der Waals surface area contributed by atoms with Gasteiger partial charge in [0, 0.05) is 18.7 Å². The summed E-state index contributed by atoms with van der Waals surface area (Å²) in [6.07, 6.45) is -0.199. The highest BCUT2D eigenvalue weighted by molar-refractivity contribution is 5.99. The van der Waals surface area contributed by atoms with Crippen molar-refractivity contribution in [1.82, 2.24) is 10.2 Å². The molecule has 0 unspecified atom stereocenters.